The third-order valence-electron chi connectivity index (χ3n) is 3.29. The zero-order valence-electron chi connectivity index (χ0n) is 10.2. The average molecular weight is 240 g/mol. The number of anilines is 1. The molecule has 6 nitrogen and oxygen atoms in total. The van der Waals surface area contributed by atoms with Gasteiger partial charge in [-0.3, -0.25) is 5.43 Å². The summed E-state index contributed by atoms with van der Waals surface area (Å²) in [5.74, 6) is 5.87. The van der Waals surface area contributed by atoms with E-state index in [0.717, 1.165) is 25.7 Å². The van der Waals surface area contributed by atoms with Crippen LogP contribution in [0.3, 0.4) is 0 Å². The SMILES string of the molecule is CCOC1(c2noc(NN)n2)CCCCCC1. The van der Waals surface area contributed by atoms with Crippen LogP contribution in [0.1, 0.15) is 51.3 Å². The van der Waals surface area contributed by atoms with Gasteiger partial charge in [0.15, 0.2) is 0 Å². The molecule has 1 aromatic heterocycles. The largest absolute Gasteiger partial charge is 0.367 e. The van der Waals surface area contributed by atoms with Gasteiger partial charge in [0.2, 0.25) is 5.82 Å². The first-order chi connectivity index (χ1) is 8.30. The van der Waals surface area contributed by atoms with Crippen molar-refractivity contribution in [3.05, 3.63) is 5.82 Å². The quantitative estimate of drug-likeness (QED) is 0.475. The van der Waals surface area contributed by atoms with Crippen LogP contribution in [-0.2, 0) is 10.3 Å². The standard InChI is InChI=1S/C11H20N4O2/c1-2-16-11(7-5-3-4-6-8-11)9-13-10(14-12)17-15-9/h2-8,12H2,1H3,(H,13,14,15). The highest BCUT2D eigenvalue weighted by Crippen LogP contribution is 2.38. The summed E-state index contributed by atoms with van der Waals surface area (Å²) in [6.45, 7) is 2.65. The zero-order valence-corrected chi connectivity index (χ0v) is 10.2. The molecule has 3 N–H and O–H groups in total. The number of hydrogen-bond acceptors (Lipinski definition) is 6. The van der Waals surface area contributed by atoms with Crippen molar-refractivity contribution < 1.29 is 9.26 Å². The summed E-state index contributed by atoms with van der Waals surface area (Å²) >= 11 is 0. The van der Waals surface area contributed by atoms with Crippen molar-refractivity contribution in [1.82, 2.24) is 10.1 Å². The molecule has 1 aromatic rings. The van der Waals surface area contributed by atoms with Crippen LogP contribution in [0.15, 0.2) is 4.52 Å². The van der Waals surface area contributed by atoms with Crippen molar-refractivity contribution in [2.45, 2.75) is 51.0 Å². The lowest BCUT2D eigenvalue weighted by Crippen LogP contribution is -2.30. The second-order valence-electron chi connectivity index (χ2n) is 4.41. The Morgan fingerprint density at radius 2 is 2.06 bits per heavy atom. The van der Waals surface area contributed by atoms with E-state index >= 15 is 0 Å². The Hall–Kier alpha value is -1.14. The Morgan fingerprint density at radius 3 is 2.59 bits per heavy atom. The number of ether oxygens (including phenoxy) is 1. The highest BCUT2D eigenvalue weighted by atomic mass is 16.5. The predicted octanol–water partition coefficient (Wildman–Crippen LogP) is 1.94. The van der Waals surface area contributed by atoms with Gasteiger partial charge in [0, 0.05) is 6.61 Å². The molecule has 0 aliphatic heterocycles. The molecule has 1 fully saturated rings. The fraction of sp³-hybridized carbons (Fsp3) is 0.818. The minimum absolute atomic E-state index is 0.239. The number of nitrogen functional groups attached to an aromatic ring is 1. The maximum Gasteiger partial charge on any atom is 0.335 e. The van der Waals surface area contributed by atoms with E-state index in [-0.39, 0.29) is 11.6 Å². The van der Waals surface area contributed by atoms with Crippen molar-refractivity contribution >= 4 is 6.01 Å². The summed E-state index contributed by atoms with van der Waals surface area (Å²) in [6, 6.07) is 0.239. The van der Waals surface area contributed by atoms with Gasteiger partial charge in [-0.05, 0) is 19.8 Å². The van der Waals surface area contributed by atoms with Gasteiger partial charge in [-0.2, -0.15) is 4.98 Å². The number of rotatable bonds is 4. The smallest absolute Gasteiger partial charge is 0.335 e. The van der Waals surface area contributed by atoms with Gasteiger partial charge in [-0.1, -0.05) is 30.8 Å². The Bertz CT molecular complexity index is 345. The van der Waals surface area contributed by atoms with Crippen LogP contribution < -0.4 is 11.3 Å². The Morgan fingerprint density at radius 1 is 1.35 bits per heavy atom. The van der Waals surface area contributed by atoms with Gasteiger partial charge < -0.3 is 9.26 Å². The second kappa shape index (κ2) is 5.46. The summed E-state index contributed by atoms with van der Waals surface area (Å²) in [7, 11) is 0. The fourth-order valence-corrected chi connectivity index (χ4v) is 2.48. The molecule has 1 aliphatic carbocycles. The van der Waals surface area contributed by atoms with E-state index in [1.807, 2.05) is 6.92 Å². The van der Waals surface area contributed by atoms with E-state index < -0.39 is 0 Å². The molecule has 17 heavy (non-hydrogen) atoms. The molecule has 0 unspecified atom stereocenters. The molecule has 0 radical (unpaired) electrons. The molecule has 96 valence electrons. The number of hydrogen-bond donors (Lipinski definition) is 2. The first-order valence-corrected chi connectivity index (χ1v) is 6.25. The molecule has 6 heteroatoms. The lowest BCUT2D eigenvalue weighted by Gasteiger charge is -2.28. The van der Waals surface area contributed by atoms with E-state index in [4.69, 9.17) is 15.1 Å². The normalized spacial score (nSPS) is 19.9. The van der Waals surface area contributed by atoms with Crippen LogP contribution in [0.25, 0.3) is 0 Å². The van der Waals surface area contributed by atoms with E-state index in [1.165, 1.54) is 12.8 Å². The van der Waals surface area contributed by atoms with Crippen LogP contribution in [0.4, 0.5) is 6.01 Å². The molecular weight excluding hydrogens is 220 g/mol. The number of nitrogens with zero attached hydrogens (tertiary/aromatic N) is 2. The van der Waals surface area contributed by atoms with Gasteiger partial charge in [0.25, 0.3) is 0 Å². The first kappa shape index (κ1) is 12.3. The summed E-state index contributed by atoms with van der Waals surface area (Å²) in [6.07, 6.45) is 6.66. The molecule has 0 aromatic carbocycles. The molecule has 0 saturated heterocycles. The minimum atomic E-state index is -0.385. The Balaban J connectivity index is 2.24. The molecule has 0 spiro atoms. The van der Waals surface area contributed by atoms with E-state index in [2.05, 4.69) is 15.6 Å². The molecule has 1 aliphatic rings. The molecular formula is C11H20N4O2. The molecule has 0 atom stereocenters. The maximum atomic E-state index is 5.94. The van der Waals surface area contributed by atoms with Crippen molar-refractivity contribution in [2.75, 3.05) is 12.0 Å². The fourth-order valence-electron chi connectivity index (χ4n) is 2.48. The predicted molar refractivity (Wildman–Crippen MR) is 63.1 cm³/mol. The van der Waals surface area contributed by atoms with Gasteiger partial charge >= 0.3 is 6.01 Å². The van der Waals surface area contributed by atoms with Crippen LogP contribution in [0.2, 0.25) is 0 Å². The van der Waals surface area contributed by atoms with E-state index in [1.54, 1.807) is 0 Å². The van der Waals surface area contributed by atoms with Gasteiger partial charge in [0.1, 0.15) is 5.60 Å². The van der Waals surface area contributed by atoms with Crippen LogP contribution in [0.5, 0.6) is 0 Å². The van der Waals surface area contributed by atoms with Crippen LogP contribution in [-0.4, -0.2) is 16.7 Å². The monoisotopic (exact) mass is 240 g/mol. The second-order valence-corrected chi connectivity index (χ2v) is 4.41. The van der Waals surface area contributed by atoms with Crippen molar-refractivity contribution in [2.24, 2.45) is 5.84 Å². The summed E-state index contributed by atoms with van der Waals surface area (Å²) in [5.41, 5.74) is 1.98. The van der Waals surface area contributed by atoms with Crippen molar-refractivity contribution in [3.63, 3.8) is 0 Å². The molecule has 1 heterocycles. The number of hydrazine groups is 1. The first-order valence-electron chi connectivity index (χ1n) is 6.25. The summed E-state index contributed by atoms with van der Waals surface area (Å²) < 4.78 is 10.9. The van der Waals surface area contributed by atoms with Crippen LogP contribution in [0, 0.1) is 0 Å². The van der Waals surface area contributed by atoms with E-state index in [9.17, 15) is 0 Å². The van der Waals surface area contributed by atoms with Gasteiger partial charge in [0.05, 0.1) is 0 Å². The van der Waals surface area contributed by atoms with Crippen LogP contribution >= 0.6 is 0 Å². The molecule has 1 saturated carbocycles. The highest BCUT2D eigenvalue weighted by molar-refractivity contribution is 5.17. The molecule has 0 amide bonds. The maximum absolute atomic E-state index is 5.94. The van der Waals surface area contributed by atoms with E-state index in [0.29, 0.717) is 12.4 Å². The molecule has 0 bridgehead atoms. The topological polar surface area (TPSA) is 86.2 Å². The number of nitrogens with one attached hydrogen (secondary N) is 1. The summed E-state index contributed by atoms with van der Waals surface area (Å²) in [5, 5.41) is 3.99. The minimum Gasteiger partial charge on any atom is -0.367 e. The Labute approximate surface area is 101 Å². The third-order valence-corrected chi connectivity index (χ3v) is 3.29. The Kier molecular flexibility index (Phi) is 3.96. The average Bonchev–Trinajstić information content (AvgIpc) is 2.71. The highest BCUT2D eigenvalue weighted by Gasteiger charge is 2.38. The van der Waals surface area contributed by atoms with Gasteiger partial charge in [-0.25, -0.2) is 5.84 Å². The van der Waals surface area contributed by atoms with Gasteiger partial charge in [-0.15, -0.1) is 0 Å². The van der Waals surface area contributed by atoms with Crippen molar-refractivity contribution in [1.29, 1.82) is 0 Å². The molecule has 2 rings (SSSR count). The summed E-state index contributed by atoms with van der Waals surface area (Å²) in [4.78, 5) is 4.25. The lowest BCUT2D eigenvalue weighted by atomic mass is 9.93. The third kappa shape index (κ3) is 2.58. The number of aromatic nitrogens is 2. The van der Waals surface area contributed by atoms with Crippen molar-refractivity contribution in [3.8, 4) is 0 Å². The lowest BCUT2D eigenvalue weighted by molar-refractivity contribution is -0.0636. The zero-order chi connectivity index (χ0) is 12.1. The number of nitrogens with two attached hydrogens (primary N) is 1.